The van der Waals surface area contributed by atoms with Crippen molar-refractivity contribution in [1.82, 2.24) is 5.32 Å². The molecule has 2 heteroatoms. The first-order chi connectivity index (χ1) is 4.83. The van der Waals surface area contributed by atoms with E-state index < -0.39 is 0 Å². The molecule has 0 aromatic heterocycles. The summed E-state index contributed by atoms with van der Waals surface area (Å²) in [4.78, 5) is 0. The van der Waals surface area contributed by atoms with Crippen LogP contribution in [0.2, 0.25) is 0 Å². The van der Waals surface area contributed by atoms with Crippen LogP contribution in [-0.4, -0.2) is 12.1 Å². The molecule has 2 unspecified atom stereocenters. The molecule has 0 saturated carbocycles. The molecular formula is C9H18ClN. The fraction of sp³-hybridized carbons (Fsp3) is 0.778. The molecule has 11 heavy (non-hydrogen) atoms. The molecule has 1 fully saturated rings. The van der Waals surface area contributed by atoms with E-state index in [0.717, 1.165) is 6.04 Å². The minimum absolute atomic E-state index is 0. The zero-order chi connectivity index (χ0) is 7.40. The third-order valence-electron chi connectivity index (χ3n) is 2.08. The number of halogens is 1. The highest BCUT2D eigenvalue weighted by Gasteiger charge is 2.13. The highest BCUT2D eigenvalue weighted by molar-refractivity contribution is 5.85. The average Bonchev–Trinajstić information content (AvgIpc) is 1.88. The van der Waals surface area contributed by atoms with Crippen LogP contribution < -0.4 is 5.32 Å². The van der Waals surface area contributed by atoms with E-state index >= 15 is 0 Å². The molecule has 0 aliphatic carbocycles. The molecule has 0 radical (unpaired) electrons. The maximum absolute atomic E-state index is 3.53. The Labute approximate surface area is 75.7 Å². The van der Waals surface area contributed by atoms with E-state index in [0.29, 0.717) is 6.04 Å². The first-order valence-corrected chi connectivity index (χ1v) is 4.22. The van der Waals surface area contributed by atoms with Crippen LogP contribution in [0.1, 0.15) is 33.1 Å². The third-order valence-corrected chi connectivity index (χ3v) is 2.08. The Morgan fingerprint density at radius 2 is 2.09 bits per heavy atom. The van der Waals surface area contributed by atoms with Crippen molar-refractivity contribution in [3.63, 3.8) is 0 Å². The summed E-state index contributed by atoms with van der Waals surface area (Å²) in [7, 11) is 0. The molecule has 1 rings (SSSR count). The first kappa shape index (κ1) is 11.0. The van der Waals surface area contributed by atoms with Gasteiger partial charge in [-0.2, -0.15) is 0 Å². The summed E-state index contributed by atoms with van der Waals surface area (Å²) in [6, 6.07) is 1.36. The molecule has 1 N–H and O–H groups in total. The summed E-state index contributed by atoms with van der Waals surface area (Å²) in [6.07, 6.45) is 8.43. The number of piperidine rings is 1. The van der Waals surface area contributed by atoms with Crippen molar-refractivity contribution >= 4 is 12.4 Å². The maximum atomic E-state index is 3.53. The molecular weight excluding hydrogens is 158 g/mol. The van der Waals surface area contributed by atoms with Crippen LogP contribution in [0.25, 0.3) is 0 Å². The lowest BCUT2D eigenvalue weighted by atomic mass is 9.99. The van der Waals surface area contributed by atoms with Gasteiger partial charge in [0, 0.05) is 12.1 Å². The van der Waals surface area contributed by atoms with Gasteiger partial charge in [-0.15, -0.1) is 12.4 Å². The Kier molecular flexibility index (Phi) is 5.61. The standard InChI is InChI=1S/C9H17N.ClH/c1-3-5-9-7-4-6-8(2)10-9;/h3,5,8-10H,4,6-7H2,1-2H3;1H/b5-3-;. The molecule has 0 spiro atoms. The van der Waals surface area contributed by atoms with Crippen molar-refractivity contribution in [2.75, 3.05) is 0 Å². The fourth-order valence-electron chi connectivity index (χ4n) is 1.56. The van der Waals surface area contributed by atoms with Gasteiger partial charge in [-0.25, -0.2) is 0 Å². The molecule has 1 aliphatic rings. The van der Waals surface area contributed by atoms with Crippen LogP contribution in [0.15, 0.2) is 12.2 Å². The lowest BCUT2D eigenvalue weighted by Gasteiger charge is -2.26. The number of hydrogen-bond donors (Lipinski definition) is 1. The van der Waals surface area contributed by atoms with Crippen molar-refractivity contribution in [1.29, 1.82) is 0 Å². The van der Waals surface area contributed by atoms with Crippen molar-refractivity contribution in [3.8, 4) is 0 Å². The van der Waals surface area contributed by atoms with Gasteiger partial charge in [0.2, 0.25) is 0 Å². The van der Waals surface area contributed by atoms with Gasteiger partial charge in [0.25, 0.3) is 0 Å². The lowest BCUT2D eigenvalue weighted by Crippen LogP contribution is -2.39. The largest absolute Gasteiger partial charge is 0.308 e. The second kappa shape index (κ2) is 5.62. The van der Waals surface area contributed by atoms with Gasteiger partial charge in [0.15, 0.2) is 0 Å². The zero-order valence-corrected chi connectivity index (χ0v) is 8.16. The van der Waals surface area contributed by atoms with Crippen LogP contribution in [0, 0.1) is 0 Å². The second-order valence-electron chi connectivity index (χ2n) is 3.13. The maximum Gasteiger partial charge on any atom is 0.0252 e. The Morgan fingerprint density at radius 3 is 2.64 bits per heavy atom. The van der Waals surface area contributed by atoms with Gasteiger partial charge in [0.05, 0.1) is 0 Å². The van der Waals surface area contributed by atoms with E-state index in [4.69, 9.17) is 0 Å². The predicted molar refractivity (Wildman–Crippen MR) is 52.3 cm³/mol. The Morgan fingerprint density at radius 1 is 1.36 bits per heavy atom. The summed E-state index contributed by atoms with van der Waals surface area (Å²) >= 11 is 0. The van der Waals surface area contributed by atoms with E-state index in [2.05, 4.69) is 31.3 Å². The SMILES string of the molecule is C/C=C\C1CCCC(C)N1.Cl. The molecule has 0 amide bonds. The smallest absolute Gasteiger partial charge is 0.0252 e. The van der Waals surface area contributed by atoms with Gasteiger partial charge in [-0.05, 0) is 26.7 Å². The van der Waals surface area contributed by atoms with E-state index in [1.165, 1.54) is 19.3 Å². The van der Waals surface area contributed by atoms with E-state index in [1.54, 1.807) is 0 Å². The summed E-state index contributed by atoms with van der Waals surface area (Å²) < 4.78 is 0. The van der Waals surface area contributed by atoms with Crippen LogP contribution in [0.3, 0.4) is 0 Å². The van der Waals surface area contributed by atoms with Crippen LogP contribution in [0.5, 0.6) is 0 Å². The number of rotatable bonds is 1. The summed E-state index contributed by atoms with van der Waals surface area (Å²) in [6.45, 7) is 4.34. The van der Waals surface area contributed by atoms with E-state index in [-0.39, 0.29) is 12.4 Å². The molecule has 66 valence electrons. The van der Waals surface area contributed by atoms with Gasteiger partial charge < -0.3 is 5.32 Å². The molecule has 0 aromatic carbocycles. The Balaban J connectivity index is 0.000001000. The molecule has 1 nitrogen and oxygen atoms in total. The minimum atomic E-state index is 0. The number of allylic oxidation sites excluding steroid dienone is 1. The van der Waals surface area contributed by atoms with Crippen molar-refractivity contribution in [3.05, 3.63) is 12.2 Å². The monoisotopic (exact) mass is 175 g/mol. The zero-order valence-electron chi connectivity index (χ0n) is 7.34. The second-order valence-corrected chi connectivity index (χ2v) is 3.13. The summed E-state index contributed by atoms with van der Waals surface area (Å²) in [5, 5.41) is 3.53. The number of nitrogens with one attached hydrogen (secondary N) is 1. The van der Waals surface area contributed by atoms with Crippen molar-refractivity contribution in [2.24, 2.45) is 0 Å². The van der Waals surface area contributed by atoms with Gasteiger partial charge in [-0.3, -0.25) is 0 Å². The molecule has 2 atom stereocenters. The highest BCUT2D eigenvalue weighted by Crippen LogP contribution is 2.12. The average molecular weight is 176 g/mol. The molecule has 1 heterocycles. The third kappa shape index (κ3) is 3.78. The molecule has 1 aliphatic heterocycles. The fourth-order valence-corrected chi connectivity index (χ4v) is 1.56. The van der Waals surface area contributed by atoms with Gasteiger partial charge in [0.1, 0.15) is 0 Å². The highest BCUT2D eigenvalue weighted by atomic mass is 35.5. The molecule has 0 bridgehead atoms. The summed E-state index contributed by atoms with van der Waals surface area (Å²) in [5.74, 6) is 0. The lowest BCUT2D eigenvalue weighted by molar-refractivity contribution is 0.374. The van der Waals surface area contributed by atoms with Gasteiger partial charge >= 0.3 is 0 Å². The van der Waals surface area contributed by atoms with Crippen molar-refractivity contribution in [2.45, 2.75) is 45.2 Å². The Bertz CT molecular complexity index is 123. The van der Waals surface area contributed by atoms with E-state index in [1.807, 2.05) is 0 Å². The van der Waals surface area contributed by atoms with Crippen LogP contribution >= 0.6 is 12.4 Å². The molecule has 0 aromatic rings. The minimum Gasteiger partial charge on any atom is -0.308 e. The first-order valence-electron chi connectivity index (χ1n) is 4.22. The topological polar surface area (TPSA) is 12.0 Å². The van der Waals surface area contributed by atoms with Gasteiger partial charge in [-0.1, -0.05) is 18.6 Å². The molecule has 1 saturated heterocycles. The van der Waals surface area contributed by atoms with E-state index in [9.17, 15) is 0 Å². The quantitative estimate of drug-likeness (QED) is 0.604. The normalized spacial score (nSPS) is 31.8. The predicted octanol–water partition coefficient (Wildman–Crippen LogP) is 2.51. The summed E-state index contributed by atoms with van der Waals surface area (Å²) in [5.41, 5.74) is 0. The Hall–Kier alpha value is -0.0100. The number of hydrogen-bond acceptors (Lipinski definition) is 1. The van der Waals surface area contributed by atoms with Crippen molar-refractivity contribution < 1.29 is 0 Å². The van der Waals surface area contributed by atoms with Crippen LogP contribution in [0.4, 0.5) is 0 Å². The van der Waals surface area contributed by atoms with Crippen LogP contribution in [-0.2, 0) is 0 Å².